The van der Waals surface area contributed by atoms with E-state index in [1.807, 2.05) is 13.8 Å². The molecular weight excluding hydrogens is 261 g/mol. The second-order valence-corrected chi connectivity index (χ2v) is 4.61. The maximum atomic E-state index is 12.2. The molecule has 1 aliphatic carbocycles. The van der Waals surface area contributed by atoms with Gasteiger partial charge in [0.25, 0.3) is 0 Å². The zero-order valence-corrected chi connectivity index (χ0v) is 10.4. The van der Waals surface area contributed by atoms with Crippen molar-refractivity contribution in [2.45, 2.75) is 26.4 Å². The maximum Gasteiger partial charge on any atom is 0.448 e. The van der Waals surface area contributed by atoms with E-state index in [2.05, 4.69) is 16.3 Å². The summed E-state index contributed by atoms with van der Waals surface area (Å²) in [5.41, 5.74) is -1.35. The molecule has 0 amide bonds. The molecule has 17 heavy (non-hydrogen) atoms. The molecule has 0 aromatic carbocycles. The van der Waals surface area contributed by atoms with Crippen molar-refractivity contribution in [3.8, 4) is 0 Å². The third kappa shape index (κ3) is 6.41. The lowest BCUT2D eigenvalue weighted by atomic mass is 10.1. The molecule has 1 aliphatic rings. The van der Waals surface area contributed by atoms with E-state index in [1.165, 1.54) is 6.08 Å². The summed E-state index contributed by atoms with van der Waals surface area (Å²) >= 11 is 4.19. The number of alkyl halides is 3. The first-order valence-corrected chi connectivity index (χ1v) is 5.10. The van der Waals surface area contributed by atoms with Crippen molar-refractivity contribution >= 4 is 17.0 Å². The lowest BCUT2D eigenvalue weighted by molar-refractivity contribution is -0.126. The third-order valence-electron chi connectivity index (χ3n) is 2.44. The first-order valence-electron chi connectivity index (χ1n) is 4.72. The molecule has 0 heterocycles. The number of ether oxygens (including phenoxy) is 1. The summed E-state index contributed by atoms with van der Waals surface area (Å²) in [5, 5.41) is 7.18. The van der Waals surface area contributed by atoms with Crippen LogP contribution in [-0.4, -0.2) is 23.8 Å². The Morgan fingerprint density at radius 3 is 2.06 bits per heavy atom. The van der Waals surface area contributed by atoms with Crippen molar-refractivity contribution in [1.82, 2.24) is 0 Å². The number of rotatable bonds is 2. The smallest absolute Gasteiger partial charge is 0.448 e. The molecule has 7 heteroatoms. The Kier molecular flexibility index (Phi) is 5.32. The summed E-state index contributed by atoms with van der Waals surface area (Å²) in [6.07, 6.45) is -2.37. The summed E-state index contributed by atoms with van der Waals surface area (Å²) in [7, 11) is 1.05. The zero-order chi connectivity index (χ0) is 13.9. The molecule has 0 aliphatic heterocycles. The molecule has 1 N–H and O–H groups in total. The number of halogens is 4. The molecule has 0 aromatic heterocycles. The fourth-order valence-corrected chi connectivity index (χ4v) is 1.25. The van der Waals surface area contributed by atoms with Gasteiger partial charge in [-0.05, 0) is 23.8 Å². The molecule has 1 unspecified atom stereocenters. The van der Waals surface area contributed by atoms with Crippen molar-refractivity contribution in [2.75, 3.05) is 7.11 Å². The molecular formula is C10H14ClF3O3. The van der Waals surface area contributed by atoms with E-state index >= 15 is 0 Å². The fraction of sp³-hybridized carbons (Fsp3) is 0.700. The van der Waals surface area contributed by atoms with Gasteiger partial charge in [0.05, 0.1) is 7.11 Å². The van der Waals surface area contributed by atoms with Crippen LogP contribution in [0.5, 0.6) is 0 Å². The monoisotopic (exact) mass is 274 g/mol. The van der Waals surface area contributed by atoms with Gasteiger partial charge in [-0.25, -0.2) is 4.79 Å². The van der Waals surface area contributed by atoms with Gasteiger partial charge in [-0.2, -0.15) is 13.2 Å². The quantitative estimate of drug-likeness (QED) is 0.611. The number of allylic oxidation sites excluding steroid dienone is 2. The molecule has 1 atom stereocenters. The van der Waals surface area contributed by atoms with E-state index in [0.29, 0.717) is 0 Å². The van der Waals surface area contributed by atoms with E-state index in [-0.39, 0.29) is 11.3 Å². The Hall–Kier alpha value is -0.910. The second-order valence-electron chi connectivity index (χ2n) is 4.28. The van der Waals surface area contributed by atoms with Crippen LogP contribution in [0.25, 0.3) is 0 Å². The molecule has 0 bridgehead atoms. The summed E-state index contributed by atoms with van der Waals surface area (Å²) in [4.78, 5) is 8.77. The highest BCUT2D eigenvalue weighted by Crippen LogP contribution is 2.53. The highest BCUT2D eigenvalue weighted by Gasteiger charge is 2.47. The van der Waals surface area contributed by atoms with Gasteiger partial charge in [0.2, 0.25) is 0 Å². The van der Waals surface area contributed by atoms with E-state index in [9.17, 15) is 13.2 Å². The van der Waals surface area contributed by atoms with Crippen LogP contribution >= 0.6 is 11.6 Å². The minimum atomic E-state index is -4.35. The van der Waals surface area contributed by atoms with Crippen molar-refractivity contribution < 1.29 is 27.8 Å². The molecule has 3 nitrogen and oxygen atoms in total. The first kappa shape index (κ1) is 16.1. The Morgan fingerprint density at radius 1 is 1.53 bits per heavy atom. The molecule has 1 saturated carbocycles. The lowest BCUT2D eigenvalue weighted by Crippen LogP contribution is -2.13. The Bertz CT molecular complexity index is 306. The van der Waals surface area contributed by atoms with Crippen molar-refractivity contribution in [2.24, 2.45) is 11.3 Å². The van der Waals surface area contributed by atoms with Crippen molar-refractivity contribution in [1.29, 1.82) is 0 Å². The second kappa shape index (κ2) is 5.62. The van der Waals surface area contributed by atoms with Crippen LogP contribution in [0.15, 0.2) is 11.8 Å². The van der Waals surface area contributed by atoms with Crippen LogP contribution in [-0.2, 0) is 4.74 Å². The molecule has 0 aromatic rings. The van der Waals surface area contributed by atoms with Crippen molar-refractivity contribution in [3.63, 3.8) is 0 Å². The molecule has 0 saturated heterocycles. The average molecular weight is 275 g/mol. The van der Waals surface area contributed by atoms with Crippen LogP contribution in [0.3, 0.4) is 0 Å². The lowest BCUT2D eigenvalue weighted by Gasteiger charge is -2.10. The van der Waals surface area contributed by atoms with Crippen LogP contribution in [0.2, 0.25) is 0 Å². The predicted octanol–water partition coefficient (Wildman–Crippen LogP) is 4.03. The number of carbonyl (C=O) groups is 1. The number of hydrogen-bond donors (Lipinski definition) is 1. The van der Waals surface area contributed by atoms with Gasteiger partial charge in [-0.15, -0.1) is 0 Å². The SMILES string of the molecule is COC(=CC1CC1(C)C)C(F)(F)F.O=C(O)Cl. The first-order chi connectivity index (χ1) is 7.50. The van der Waals surface area contributed by atoms with E-state index in [0.717, 1.165) is 13.5 Å². The predicted molar refractivity (Wildman–Crippen MR) is 56.9 cm³/mol. The number of methoxy groups -OCH3 is 1. The average Bonchev–Trinajstić information content (AvgIpc) is 2.66. The highest BCUT2D eigenvalue weighted by molar-refractivity contribution is 6.60. The summed E-state index contributed by atoms with van der Waals surface area (Å²) in [5.74, 6) is -0.868. The largest absolute Gasteiger partial charge is 0.492 e. The van der Waals surface area contributed by atoms with Gasteiger partial charge in [-0.3, -0.25) is 0 Å². The molecule has 1 rings (SSSR count). The van der Waals surface area contributed by atoms with Gasteiger partial charge in [0.1, 0.15) is 0 Å². The topological polar surface area (TPSA) is 46.5 Å². The number of hydrogen-bond acceptors (Lipinski definition) is 2. The third-order valence-corrected chi connectivity index (χ3v) is 2.44. The maximum absolute atomic E-state index is 12.2. The molecule has 100 valence electrons. The molecule has 0 spiro atoms. The highest BCUT2D eigenvalue weighted by atomic mass is 35.5. The van der Waals surface area contributed by atoms with Gasteiger partial charge in [0.15, 0.2) is 5.76 Å². The van der Waals surface area contributed by atoms with E-state index in [4.69, 9.17) is 9.90 Å². The van der Waals surface area contributed by atoms with Gasteiger partial charge in [-0.1, -0.05) is 13.8 Å². The normalized spacial score (nSPS) is 22.3. The van der Waals surface area contributed by atoms with Crippen LogP contribution in [0, 0.1) is 11.3 Å². The van der Waals surface area contributed by atoms with Crippen LogP contribution in [0.4, 0.5) is 18.0 Å². The van der Waals surface area contributed by atoms with E-state index in [1.54, 1.807) is 0 Å². The van der Waals surface area contributed by atoms with Crippen LogP contribution < -0.4 is 0 Å². The van der Waals surface area contributed by atoms with Gasteiger partial charge >= 0.3 is 11.6 Å². The fourth-order valence-electron chi connectivity index (χ4n) is 1.25. The standard InChI is InChI=1S/C9H13F3O.CHClO2/c1-8(2)5-6(8)4-7(13-3)9(10,11)12;2-1(3)4/h4,6H,5H2,1-3H3;(H,3,4). The summed E-state index contributed by atoms with van der Waals surface area (Å²) in [6.45, 7) is 3.88. The summed E-state index contributed by atoms with van der Waals surface area (Å²) in [6, 6.07) is 0. The number of carboxylic acid groups (broad SMARTS) is 1. The zero-order valence-electron chi connectivity index (χ0n) is 9.64. The minimum Gasteiger partial charge on any atom is -0.492 e. The van der Waals surface area contributed by atoms with Gasteiger partial charge < -0.3 is 9.84 Å². The molecule has 1 fully saturated rings. The Morgan fingerprint density at radius 2 is 1.88 bits per heavy atom. The van der Waals surface area contributed by atoms with E-state index < -0.39 is 17.4 Å². The van der Waals surface area contributed by atoms with Crippen LogP contribution in [0.1, 0.15) is 20.3 Å². The summed E-state index contributed by atoms with van der Waals surface area (Å²) < 4.78 is 40.8. The Balaban J connectivity index is 0.000000557. The minimum absolute atomic E-state index is 0.00377. The Labute approximate surface area is 102 Å². The van der Waals surface area contributed by atoms with Gasteiger partial charge in [0, 0.05) is 11.6 Å². The molecule has 0 radical (unpaired) electrons. The van der Waals surface area contributed by atoms with Crippen molar-refractivity contribution in [3.05, 3.63) is 11.8 Å².